The van der Waals surface area contributed by atoms with E-state index in [4.69, 9.17) is 11.6 Å². The fourth-order valence-corrected chi connectivity index (χ4v) is 0.610. The Bertz CT molecular complexity index is 204. The molecule has 1 aromatic carbocycles. The molecule has 0 amide bonds. The van der Waals surface area contributed by atoms with Crippen molar-refractivity contribution in [1.82, 2.24) is 0 Å². The zero-order chi connectivity index (χ0) is 6.85. The highest BCUT2D eigenvalue weighted by Crippen LogP contribution is 2.25. The molecule has 0 saturated heterocycles. The molecule has 0 spiro atoms. The summed E-state index contributed by atoms with van der Waals surface area (Å²) in [6.07, 6.45) is 0. The van der Waals surface area contributed by atoms with Crippen molar-refractivity contribution >= 4 is 11.6 Å². The van der Waals surface area contributed by atoms with Gasteiger partial charge >= 0.3 is 0 Å². The average Bonchev–Trinajstić information content (AvgIpc) is 1.83. The minimum Gasteiger partial charge on any atom is -0.288 e. The van der Waals surface area contributed by atoms with Crippen molar-refractivity contribution in [1.29, 1.82) is 0 Å². The van der Waals surface area contributed by atoms with Gasteiger partial charge in [0.25, 0.3) is 0 Å². The van der Waals surface area contributed by atoms with Gasteiger partial charge in [-0.1, -0.05) is 17.7 Å². The first kappa shape index (κ1) is 6.36. The van der Waals surface area contributed by atoms with Gasteiger partial charge in [0.05, 0.1) is 0 Å². The van der Waals surface area contributed by atoms with E-state index in [0.29, 0.717) is 0 Å². The maximum absolute atomic E-state index is 12.2. The number of rotatable bonds is 0. The SMILES string of the molecule is [O]c1cccc(F)c1Cl. The quantitative estimate of drug-likeness (QED) is 0.535. The third-order valence-corrected chi connectivity index (χ3v) is 1.28. The van der Waals surface area contributed by atoms with Crippen molar-refractivity contribution in [3.05, 3.63) is 29.0 Å². The maximum atomic E-state index is 12.2. The van der Waals surface area contributed by atoms with E-state index in [1.54, 1.807) is 0 Å². The summed E-state index contributed by atoms with van der Waals surface area (Å²) in [5.41, 5.74) is 0. The fourth-order valence-electron chi connectivity index (χ4n) is 0.484. The summed E-state index contributed by atoms with van der Waals surface area (Å²) in [6.45, 7) is 0. The van der Waals surface area contributed by atoms with E-state index in [1.807, 2.05) is 0 Å². The summed E-state index contributed by atoms with van der Waals surface area (Å²) < 4.78 is 12.2. The molecule has 0 aromatic heterocycles. The van der Waals surface area contributed by atoms with E-state index in [9.17, 15) is 9.50 Å². The van der Waals surface area contributed by atoms with Crippen LogP contribution in [0.3, 0.4) is 0 Å². The van der Waals surface area contributed by atoms with E-state index in [0.717, 1.165) is 6.07 Å². The molecule has 1 aromatic rings. The molecule has 0 aliphatic carbocycles. The van der Waals surface area contributed by atoms with E-state index in [2.05, 4.69) is 0 Å². The van der Waals surface area contributed by atoms with Crippen molar-refractivity contribution in [2.24, 2.45) is 0 Å². The Morgan fingerprint density at radius 1 is 1.44 bits per heavy atom. The molecule has 1 nitrogen and oxygen atoms in total. The number of halogens is 2. The Labute approximate surface area is 56.7 Å². The van der Waals surface area contributed by atoms with Crippen LogP contribution in [-0.2, 0) is 5.11 Å². The van der Waals surface area contributed by atoms with Gasteiger partial charge < -0.3 is 0 Å². The highest BCUT2D eigenvalue weighted by Gasteiger charge is 2.03. The molecule has 0 atom stereocenters. The van der Waals surface area contributed by atoms with Gasteiger partial charge in [-0.05, 0) is 12.1 Å². The molecule has 0 aliphatic rings. The summed E-state index contributed by atoms with van der Waals surface area (Å²) in [5, 5.41) is 10.1. The van der Waals surface area contributed by atoms with E-state index < -0.39 is 11.6 Å². The molecule has 0 saturated carbocycles. The molecule has 0 fully saturated rings. The summed E-state index contributed by atoms with van der Waals surface area (Å²) >= 11 is 5.19. The lowest BCUT2D eigenvalue weighted by Crippen LogP contribution is -1.73. The van der Waals surface area contributed by atoms with Crippen molar-refractivity contribution in [3.8, 4) is 5.75 Å². The third kappa shape index (κ3) is 1.13. The van der Waals surface area contributed by atoms with Crippen LogP contribution >= 0.6 is 11.6 Å². The minimum absolute atomic E-state index is 0.336. The van der Waals surface area contributed by atoms with Crippen LogP contribution in [0.2, 0.25) is 5.02 Å². The van der Waals surface area contributed by atoms with Crippen LogP contribution in [0.4, 0.5) is 4.39 Å². The molecule has 0 bridgehead atoms. The van der Waals surface area contributed by atoms with Gasteiger partial charge in [-0.2, -0.15) is 0 Å². The Kier molecular flexibility index (Phi) is 1.58. The van der Waals surface area contributed by atoms with Crippen LogP contribution in [-0.4, -0.2) is 0 Å². The predicted octanol–water partition coefficient (Wildman–Crippen LogP) is 2.62. The van der Waals surface area contributed by atoms with Gasteiger partial charge in [0.1, 0.15) is 10.8 Å². The smallest absolute Gasteiger partial charge is 0.200 e. The Morgan fingerprint density at radius 2 is 2.11 bits per heavy atom. The molecule has 0 aliphatic heterocycles. The van der Waals surface area contributed by atoms with Gasteiger partial charge in [0.2, 0.25) is 0 Å². The largest absolute Gasteiger partial charge is 0.288 e. The fraction of sp³-hybridized carbons (Fsp3) is 0. The molecule has 0 unspecified atom stereocenters. The van der Waals surface area contributed by atoms with Crippen molar-refractivity contribution < 1.29 is 9.50 Å². The van der Waals surface area contributed by atoms with Crippen LogP contribution < -0.4 is 0 Å². The first-order valence-electron chi connectivity index (χ1n) is 2.33. The highest BCUT2D eigenvalue weighted by atomic mass is 35.5. The Balaban J connectivity index is 3.25. The molecule has 9 heavy (non-hydrogen) atoms. The second-order valence-electron chi connectivity index (χ2n) is 1.55. The van der Waals surface area contributed by atoms with Crippen LogP contribution in [0.1, 0.15) is 0 Å². The van der Waals surface area contributed by atoms with Gasteiger partial charge in [-0.15, -0.1) is 0 Å². The van der Waals surface area contributed by atoms with E-state index in [1.165, 1.54) is 12.1 Å². The van der Waals surface area contributed by atoms with Crippen molar-refractivity contribution in [2.75, 3.05) is 0 Å². The summed E-state index contributed by atoms with van der Waals surface area (Å²) in [5.74, 6) is -1.14. The third-order valence-electron chi connectivity index (χ3n) is 0.916. The molecule has 47 valence electrons. The molecular weight excluding hydrogens is 143 g/mol. The second kappa shape index (κ2) is 2.23. The summed E-state index contributed by atoms with van der Waals surface area (Å²) in [4.78, 5) is 0. The Morgan fingerprint density at radius 3 is 2.56 bits per heavy atom. The average molecular weight is 146 g/mol. The lowest BCUT2D eigenvalue weighted by atomic mass is 10.3. The molecule has 1 rings (SSSR count). The van der Waals surface area contributed by atoms with Crippen molar-refractivity contribution in [2.45, 2.75) is 0 Å². The molecule has 0 heterocycles. The topological polar surface area (TPSA) is 19.9 Å². The van der Waals surface area contributed by atoms with Crippen LogP contribution in [0, 0.1) is 5.82 Å². The van der Waals surface area contributed by atoms with Crippen LogP contribution in [0.25, 0.3) is 0 Å². The monoisotopic (exact) mass is 145 g/mol. The molecule has 0 N–H and O–H groups in total. The van der Waals surface area contributed by atoms with Crippen LogP contribution in [0.15, 0.2) is 18.2 Å². The number of hydrogen-bond acceptors (Lipinski definition) is 0. The van der Waals surface area contributed by atoms with Gasteiger partial charge in [-0.3, -0.25) is 5.11 Å². The molecule has 1 radical (unpaired) electrons. The van der Waals surface area contributed by atoms with Gasteiger partial charge in [-0.25, -0.2) is 4.39 Å². The van der Waals surface area contributed by atoms with E-state index >= 15 is 0 Å². The lowest BCUT2D eigenvalue weighted by Gasteiger charge is -1.90. The van der Waals surface area contributed by atoms with Crippen molar-refractivity contribution in [3.63, 3.8) is 0 Å². The first-order chi connectivity index (χ1) is 4.22. The molecule has 3 heteroatoms. The Hall–Kier alpha value is -0.760. The first-order valence-corrected chi connectivity index (χ1v) is 2.70. The zero-order valence-corrected chi connectivity index (χ0v) is 5.15. The maximum Gasteiger partial charge on any atom is 0.200 e. The number of hydrogen-bond donors (Lipinski definition) is 0. The summed E-state index contributed by atoms with van der Waals surface area (Å²) in [7, 11) is 0. The zero-order valence-electron chi connectivity index (χ0n) is 4.40. The minimum atomic E-state index is -0.663. The van der Waals surface area contributed by atoms with Gasteiger partial charge in [0, 0.05) is 0 Å². The standard InChI is InChI=1S/C6H3ClFO/c7-6-4(8)2-1-3-5(6)9/h1-3H. The van der Waals surface area contributed by atoms with Crippen LogP contribution in [0.5, 0.6) is 5.75 Å². The summed E-state index contributed by atoms with van der Waals surface area (Å²) in [6, 6.07) is 3.68. The highest BCUT2D eigenvalue weighted by molar-refractivity contribution is 6.32. The van der Waals surface area contributed by atoms with Gasteiger partial charge in [0.15, 0.2) is 5.75 Å². The normalized spacial score (nSPS) is 9.56. The molecular formula is C6H3ClFO. The van der Waals surface area contributed by atoms with E-state index in [-0.39, 0.29) is 5.02 Å². The lowest BCUT2D eigenvalue weighted by molar-refractivity contribution is 0.352. The predicted molar refractivity (Wildman–Crippen MR) is 31.5 cm³/mol. The second-order valence-corrected chi connectivity index (χ2v) is 1.93. The number of benzene rings is 1.